The van der Waals surface area contributed by atoms with Gasteiger partial charge in [-0.15, -0.1) is 0 Å². The lowest BCUT2D eigenvalue weighted by molar-refractivity contribution is -0.142. The first-order valence-electron chi connectivity index (χ1n) is 6.39. The van der Waals surface area contributed by atoms with Crippen LogP contribution in [0.15, 0.2) is 18.2 Å². The summed E-state index contributed by atoms with van der Waals surface area (Å²) in [4.78, 5) is 12.7. The van der Waals surface area contributed by atoms with E-state index in [9.17, 15) is 4.79 Å². The van der Waals surface area contributed by atoms with Crippen LogP contribution in [0.2, 0.25) is 0 Å². The zero-order valence-electron chi connectivity index (χ0n) is 11.3. The highest BCUT2D eigenvalue weighted by Crippen LogP contribution is 2.30. The first kappa shape index (κ1) is 13.7. The molecule has 104 valence electrons. The Balaban J connectivity index is 2.09. The van der Waals surface area contributed by atoms with Crippen LogP contribution in [0, 0.1) is 0 Å². The topological polar surface area (TPSA) is 59.0 Å². The second-order valence-corrected chi connectivity index (χ2v) is 4.76. The van der Waals surface area contributed by atoms with Gasteiger partial charge >= 0.3 is 5.97 Å². The molecule has 0 saturated heterocycles. The molecule has 1 unspecified atom stereocenters. The molecule has 1 aliphatic rings. The Labute approximate surface area is 112 Å². The molecule has 0 aliphatic carbocycles. The molecule has 19 heavy (non-hydrogen) atoms. The zero-order chi connectivity index (χ0) is 13.8. The summed E-state index contributed by atoms with van der Waals surface area (Å²) >= 11 is 0. The average molecular weight is 265 g/mol. The summed E-state index contributed by atoms with van der Waals surface area (Å²) in [5.74, 6) is 0.679. The Hall–Kier alpha value is -1.75. The van der Waals surface area contributed by atoms with Crippen LogP contribution in [-0.2, 0) is 11.3 Å². The SMILES string of the molecule is CC(C(=O)O)N(C)Cc1ccc2c(c1)OCCCO2. The van der Waals surface area contributed by atoms with Gasteiger partial charge in [0.25, 0.3) is 0 Å². The van der Waals surface area contributed by atoms with Crippen LogP contribution in [0.5, 0.6) is 11.5 Å². The predicted octanol–water partition coefficient (Wildman–Crippen LogP) is 1.75. The van der Waals surface area contributed by atoms with Crippen molar-refractivity contribution in [3.63, 3.8) is 0 Å². The summed E-state index contributed by atoms with van der Waals surface area (Å²) < 4.78 is 11.2. The van der Waals surface area contributed by atoms with Crippen molar-refractivity contribution < 1.29 is 19.4 Å². The molecule has 0 radical (unpaired) electrons. The second kappa shape index (κ2) is 5.93. The molecule has 1 atom stereocenters. The number of likely N-dealkylation sites (N-methyl/N-ethyl adjacent to an activating group) is 1. The van der Waals surface area contributed by atoms with Gasteiger partial charge in [0.05, 0.1) is 13.2 Å². The number of hydrogen-bond acceptors (Lipinski definition) is 4. The van der Waals surface area contributed by atoms with E-state index in [2.05, 4.69) is 0 Å². The Kier molecular flexibility index (Phi) is 4.27. The number of rotatable bonds is 4. The van der Waals surface area contributed by atoms with Gasteiger partial charge in [0.15, 0.2) is 11.5 Å². The predicted molar refractivity (Wildman–Crippen MR) is 70.6 cm³/mol. The average Bonchev–Trinajstić information content (AvgIpc) is 2.62. The highest BCUT2D eigenvalue weighted by atomic mass is 16.5. The summed E-state index contributed by atoms with van der Waals surface area (Å²) in [5, 5.41) is 8.97. The van der Waals surface area contributed by atoms with Crippen molar-refractivity contribution in [2.75, 3.05) is 20.3 Å². The van der Waals surface area contributed by atoms with Crippen LogP contribution < -0.4 is 9.47 Å². The van der Waals surface area contributed by atoms with Gasteiger partial charge in [-0.2, -0.15) is 0 Å². The van der Waals surface area contributed by atoms with Gasteiger partial charge in [-0.1, -0.05) is 6.07 Å². The van der Waals surface area contributed by atoms with E-state index in [1.54, 1.807) is 18.9 Å². The number of benzene rings is 1. The van der Waals surface area contributed by atoms with Gasteiger partial charge in [0.2, 0.25) is 0 Å². The third-order valence-corrected chi connectivity index (χ3v) is 3.26. The first-order chi connectivity index (χ1) is 9.08. The number of aliphatic carboxylic acids is 1. The van der Waals surface area contributed by atoms with Crippen molar-refractivity contribution in [2.45, 2.75) is 25.9 Å². The number of ether oxygens (including phenoxy) is 2. The van der Waals surface area contributed by atoms with Gasteiger partial charge in [0.1, 0.15) is 6.04 Å². The zero-order valence-corrected chi connectivity index (χ0v) is 11.3. The molecular weight excluding hydrogens is 246 g/mol. The normalized spacial score (nSPS) is 15.9. The van der Waals surface area contributed by atoms with Crippen LogP contribution in [0.4, 0.5) is 0 Å². The van der Waals surface area contributed by atoms with E-state index in [0.29, 0.717) is 19.8 Å². The summed E-state index contributed by atoms with van der Waals surface area (Å²) in [6, 6.07) is 5.23. The molecule has 5 nitrogen and oxygen atoms in total. The molecule has 0 amide bonds. The van der Waals surface area contributed by atoms with E-state index in [4.69, 9.17) is 14.6 Å². The van der Waals surface area contributed by atoms with Crippen molar-refractivity contribution >= 4 is 5.97 Å². The molecule has 5 heteroatoms. The number of carboxylic acid groups (broad SMARTS) is 1. The molecule has 0 spiro atoms. The maximum Gasteiger partial charge on any atom is 0.320 e. The van der Waals surface area contributed by atoms with E-state index in [1.807, 2.05) is 18.2 Å². The summed E-state index contributed by atoms with van der Waals surface area (Å²) in [7, 11) is 1.79. The van der Waals surface area contributed by atoms with Gasteiger partial charge in [0, 0.05) is 13.0 Å². The molecule has 0 saturated carbocycles. The summed E-state index contributed by atoms with van der Waals surface area (Å²) in [5.41, 5.74) is 1.01. The fraction of sp³-hybridized carbons (Fsp3) is 0.500. The van der Waals surface area contributed by atoms with E-state index in [-0.39, 0.29) is 0 Å². The van der Waals surface area contributed by atoms with Crippen LogP contribution >= 0.6 is 0 Å². The lowest BCUT2D eigenvalue weighted by Gasteiger charge is -2.21. The number of hydrogen-bond donors (Lipinski definition) is 1. The molecule has 0 fully saturated rings. The summed E-state index contributed by atoms with van der Waals surface area (Å²) in [6.07, 6.45) is 0.875. The van der Waals surface area contributed by atoms with Crippen LogP contribution in [0.1, 0.15) is 18.9 Å². The maximum atomic E-state index is 10.9. The third kappa shape index (κ3) is 3.38. The molecular formula is C14H19NO4. The molecule has 1 aliphatic heterocycles. The molecule has 2 rings (SSSR count). The van der Waals surface area contributed by atoms with Gasteiger partial charge < -0.3 is 14.6 Å². The molecule has 0 bridgehead atoms. The lowest BCUT2D eigenvalue weighted by Crippen LogP contribution is -2.35. The molecule has 1 aromatic rings. The molecule has 1 heterocycles. The van der Waals surface area contributed by atoms with Crippen molar-refractivity contribution in [3.05, 3.63) is 23.8 Å². The number of nitrogens with zero attached hydrogens (tertiary/aromatic N) is 1. The van der Waals surface area contributed by atoms with Gasteiger partial charge in [-0.25, -0.2) is 0 Å². The highest BCUT2D eigenvalue weighted by molar-refractivity contribution is 5.72. The van der Waals surface area contributed by atoms with E-state index < -0.39 is 12.0 Å². The van der Waals surface area contributed by atoms with E-state index >= 15 is 0 Å². The smallest absolute Gasteiger partial charge is 0.320 e. The molecule has 1 N–H and O–H groups in total. The Morgan fingerprint density at radius 1 is 1.37 bits per heavy atom. The molecule has 0 aromatic heterocycles. The standard InChI is InChI=1S/C14H19NO4/c1-10(14(16)17)15(2)9-11-4-5-12-13(8-11)19-7-3-6-18-12/h4-5,8,10H,3,6-7,9H2,1-2H3,(H,16,17). The quantitative estimate of drug-likeness (QED) is 0.898. The molecule has 1 aromatic carbocycles. The van der Waals surface area contributed by atoms with E-state index in [1.165, 1.54) is 0 Å². The van der Waals surface area contributed by atoms with Gasteiger partial charge in [-0.05, 0) is 31.7 Å². The van der Waals surface area contributed by atoms with Gasteiger partial charge in [-0.3, -0.25) is 9.69 Å². The van der Waals surface area contributed by atoms with Crippen molar-refractivity contribution in [2.24, 2.45) is 0 Å². The minimum Gasteiger partial charge on any atom is -0.490 e. The Morgan fingerprint density at radius 2 is 2.05 bits per heavy atom. The van der Waals surface area contributed by atoms with E-state index in [0.717, 1.165) is 23.5 Å². The minimum atomic E-state index is -0.822. The lowest BCUT2D eigenvalue weighted by atomic mass is 10.1. The van der Waals surface area contributed by atoms with Crippen molar-refractivity contribution in [3.8, 4) is 11.5 Å². The first-order valence-corrected chi connectivity index (χ1v) is 6.39. The third-order valence-electron chi connectivity index (χ3n) is 3.26. The fourth-order valence-corrected chi connectivity index (χ4v) is 1.92. The minimum absolute atomic E-state index is 0.518. The van der Waals surface area contributed by atoms with Crippen molar-refractivity contribution in [1.82, 2.24) is 4.90 Å². The number of carboxylic acids is 1. The monoisotopic (exact) mass is 265 g/mol. The second-order valence-electron chi connectivity index (χ2n) is 4.76. The number of fused-ring (bicyclic) bond motifs is 1. The maximum absolute atomic E-state index is 10.9. The van der Waals surface area contributed by atoms with Crippen LogP contribution in [0.3, 0.4) is 0 Å². The fourth-order valence-electron chi connectivity index (χ4n) is 1.92. The Bertz CT molecular complexity index is 461. The highest BCUT2D eigenvalue weighted by Gasteiger charge is 2.18. The Morgan fingerprint density at radius 3 is 2.74 bits per heavy atom. The van der Waals surface area contributed by atoms with Crippen molar-refractivity contribution in [1.29, 1.82) is 0 Å². The van der Waals surface area contributed by atoms with Crippen LogP contribution in [-0.4, -0.2) is 42.3 Å². The largest absolute Gasteiger partial charge is 0.490 e. The number of carbonyl (C=O) groups is 1. The summed E-state index contributed by atoms with van der Waals surface area (Å²) in [6.45, 7) is 3.55. The van der Waals surface area contributed by atoms with Crippen LogP contribution in [0.25, 0.3) is 0 Å².